The van der Waals surface area contributed by atoms with Crippen molar-refractivity contribution in [2.75, 3.05) is 0 Å². The van der Waals surface area contributed by atoms with Crippen LogP contribution in [0.4, 0.5) is 4.79 Å². The molecule has 1 heterocycles. The third-order valence-corrected chi connectivity index (χ3v) is 2.23. The van der Waals surface area contributed by atoms with E-state index < -0.39 is 12.2 Å². The molecule has 0 aliphatic heterocycles. The Balaban J connectivity index is 3.06. The van der Waals surface area contributed by atoms with Gasteiger partial charge in [-0.15, -0.1) is 0 Å². The van der Waals surface area contributed by atoms with Crippen molar-refractivity contribution in [3.05, 3.63) is 29.6 Å². The number of nitrogens with zero attached hydrogens (tertiary/aromatic N) is 1. The van der Waals surface area contributed by atoms with Gasteiger partial charge >= 0.3 is 6.09 Å². The predicted molar refractivity (Wildman–Crippen MR) is 61.8 cm³/mol. The highest BCUT2D eigenvalue weighted by Crippen LogP contribution is 2.35. The fraction of sp³-hybridized carbons (Fsp3) is 0.500. The van der Waals surface area contributed by atoms with Crippen molar-refractivity contribution in [2.24, 2.45) is 11.1 Å². The average molecular weight is 222 g/mol. The van der Waals surface area contributed by atoms with Crippen molar-refractivity contribution < 1.29 is 9.53 Å². The molecule has 1 rings (SSSR count). The molecule has 0 fully saturated rings. The lowest BCUT2D eigenvalue weighted by Gasteiger charge is -2.29. The smallest absolute Gasteiger partial charge is 0.405 e. The van der Waals surface area contributed by atoms with Crippen LogP contribution in [0.1, 0.15) is 38.1 Å². The normalized spacial score (nSPS) is 13.2. The van der Waals surface area contributed by atoms with Crippen LogP contribution in [-0.4, -0.2) is 11.1 Å². The Morgan fingerprint density at radius 1 is 1.50 bits per heavy atom. The second-order valence-electron chi connectivity index (χ2n) is 4.94. The number of pyridine rings is 1. The van der Waals surface area contributed by atoms with Gasteiger partial charge in [-0.05, 0) is 24.6 Å². The second kappa shape index (κ2) is 4.51. The van der Waals surface area contributed by atoms with Gasteiger partial charge in [-0.25, -0.2) is 4.79 Å². The number of aryl methyl sites for hydroxylation is 1. The third kappa shape index (κ3) is 3.22. The van der Waals surface area contributed by atoms with E-state index in [9.17, 15) is 4.79 Å². The number of rotatable bonds is 2. The first-order valence-corrected chi connectivity index (χ1v) is 5.19. The lowest BCUT2D eigenvalue weighted by molar-refractivity contribution is 0.0331. The first-order valence-electron chi connectivity index (χ1n) is 5.19. The van der Waals surface area contributed by atoms with Gasteiger partial charge in [0.05, 0.1) is 5.69 Å². The van der Waals surface area contributed by atoms with E-state index in [1.165, 1.54) is 0 Å². The molecule has 4 nitrogen and oxygen atoms in total. The van der Waals surface area contributed by atoms with Gasteiger partial charge in [-0.3, -0.25) is 4.98 Å². The van der Waals surface area contributed by atoms with E-state index in [1.807, 2.05) is 39.8 Å². The summed E-state index contributed by atoms with van der Waals surface area (Å²) in [6, 6.07) is 3.80. The van der Waals surface area contributed by atoms with E-state index >= 15 is 0 Å². The van der Waals surface area contributed by atoms with Gasteiger partial charge in [0.2, 0.25) is 0 Å². The summed E-state index contributed by atoms with van der Waals surface area (Å²) in [7, 11) is 0. The van der Waals surface area contributed by atoms with E-state index in [-0.39, 0.29) is 5.41 Å². The number of hydrogen-bond acceptors (Lipinski definition) is 3. The summed E-state index contributed by atoms with van der Waals surface area (Å²) >= 11 is 0. The monoisotopic (exact) mass is 222 g/mol. The van der Waals surface area contributed by atoms with Crippen molar-refractivity contribution in [3.8, 4) is 0 Å². The maximum atomic E-state index is 10.9. The quantitative estimate of drug-likeness (QED) is 0.836. The Bertz CT molecular complexity index is 383. The predicted octanol–water partition coefficient (Wildman–Crippen LogP) is 2.57. The van der Waals surface area contributed by atoms with Gasteiger partial charge in [0.1, 0.15) is 0 Å². The minimum Gasteiger partial charge on any atom is -0.439 e. The molecular formula is C12H18N2O2. The SMILES string of the molecule is Cc1ccnc(C(OC(N)=O)C(C)(C)C)c1. The molecule has 1 amide bonds. The van der Waals surface area contributed by atoms with E-state index in [4.69, 9.17) is 10.5 Å². The summed E-state index contributed by atoms with van der Waals surface area (Å²) in [5.74, 6) is 0. The first kappa shape index (κ1) is 12.5. The van der Waals surface area contributed by atoms with Gasteiger partial charge in [0.25, 0.3) is 0 Å². The molecule has 1 aromatic rings. The van der Waals surface area contributed by atoms with Gasteiger partial charge in [0.15, 0.2) is 6.10 Å². The number of carbonyl (C=O) groups excluding carboxylic acids is 1. The Labute approximate surface area is 95.8 Å². The molecule has 0 radical (unpaired) electrons. The van der Waals surface area contributed by atoms with Crippen molar-refractivity contribution in [3.63, 3.8) is 0 Å². The van der Waals surface area contributed by atoms with Crippen LogP contribution in [0.15, 0.2) is 18.3 Å². The van der Waals surface area contributed by atoms with Crippen molar-refractivity contribution in [1.82, 2.24) is 4.98 Å². The lowest BCUT2D eigenvalue weighted by Crippen LogP contribution is -2.27. The zero-order valence-electron chi connectivity index (χ0n) is 10.2. The molecule has 0 aromatic carbocycles. The summed E-state index contributed by atoms with van der Waals surface area (Å²) in [5, 5.41) is 0. The third-order valence-electron chi connectivity index (χ3n) is 2.23. The number of amides is 1. The minimum atomic E-state index is -0.775. The first-order chi connectivity index (χ1) is 7.30. The number of carbonyl (C=O) groups is 1. The average Bonchev–Trinajstić information content (AvgIpc) is 2.12. The number of primary amides is 1. The van der Waals surface area contributed by atoms with Crippen molar-refractivity contribution in [2.45, 2.75) is 33.8 Å². The minimum absolute atomic E-state index is 0.240. The molecule has 0 saturated heterocycles. The number of ether oxygens (including phenoxy) is 1. The van der Waals surface area contributed by atoms with Gasteiger partial charge in [-0.2, -0.15) is 0 Å². The van der Waals surface area contributed by atoms with E-state index in [0.717, 1.165) is 11.3 Å². The Hall–Kier alpha value is -1.58. The maximum absolute atomic E-state index is 10.9. The molecule has 0 saturated carbocycles. The van der Waals surface area contributed by atoms with Crippen LogP contribution in [0.2, 0.25) is 0 Å². The van der Waals surface area contributed by atoms with Crippen molar-refractivity contribution >= 4 is 6.09 Å². The largest absolute Gasteiger partial charge is 0.439 e. The number of nitrogens with two attached hydrogens (primary N) is 1. The second-order valence-corrected chi connectivity index (χ2v) is 4.94. The van der Waals surface area contributed by atoms with Crippen LogP contribution in [0.5, 0.6) is 0 Å². The molecule has 16 heavy (non-hydrogen) atoms. The molecule has 0 bridgehead atoms. The van der Waals surface area contributed by atoms with E-state index in [0.29, 0.717) is 0 Å². The molecule has 0 aliphatic rings. The van der Waals surface area contributed by atoms with E-state index in [2.05, 4.69) is 4.98 Å². The number of hydrogen-bond donors (Lipinski definition) is 1. The zero-order chi connectivity index (χ0) is 12.3. The maximum Gasteiger partial charge on any atom is 0.405 e. The summed E-state index contributed by atoms with van der Waals surface area (Å²) in [5.41, 5.74) is 6.64. The topological polar surface area (TPSA) is 65.2 Å². The summed E-state index contributed by atoms with van der Waals surface area (Å²) < 4.78 is 5.13. The van der Waals surface area contributed by atoms with Gasteiger partial charge < -0.3 is 10.5 Å². The summed E-state index contributed by atoms with van der Waals surface area (Å²) in [6.45, 7) is 7.90. The fourth-order valence-electron chi connectivity index (χ4n) is 1.50. The molecule has 1 atom stereocenters. The van der Waals surface area contributed by atoms with E-state index in [1.54, 1.807) is 6.20 Å². The molecule has 0 spiro atoms. The molecule has 0 aliphatic carbocycles. The van der Waals surface area contributed by atoms with Crippen LogP contribution in [0, 0.1) is 12.3 Å². The van der Waals surface area contributed by atoms with Gasteiger partial charge in [0, 0.05) is 11.6 Å². The standard InChI is InChI=1S/C12H18N2O2/c1-8-5-6-14-9(7-8)10(12(2,3)4)16-11(13)15/h5-7,10H,1-4H3,(H2,13,15). The Morgan fingerprint density at radius 3 is 2.56 bits per heavy atom. The van der Waals surface area contributed by atoms with Gasteiger partial charge in [-0.1, -0.05) is 20.8 Å². The lowest BCUT2D eigenvalue weighted by atomic mass is 9.86. The van der Waals surface area contributed by atoms with Crippen molar-refractivity contribution in [1.29, 1.82) is 0 Å². The molecular weight excluding hydrogens is 204 g/mol. The van der Waals surface area contributed by atoms with Crippen LogP contribution >= 0.6 is 0 Å². The van der Waals surface area contributed by atoms with Crippen LogP contribution in [0.3, 0.4) is 0 Å². The van der Waals surface area contributed by atoms with Crippen LogP contribution in [0.25, 0.3) is 0 Å². The fourth-order valence-corrected chi connectivity index (χ4v) is 1.50. The highest BCUT2D eigenvalue weighted by atomic mass is 16.6. The summed E-state index contributed by atoms with van der Waals surface area (Å²) in [4.78, 5) is 15.1. The number of aromatic nitrogens is 1. The molecule has 2 N–H and O–H groups in total. The molecule has 1 unspecified atom stereocenters. The highest BCUT2D eigenvalue weighted by Gasteiger charge is 2.30. The zero-order valence-corrected chi connectivity index (χ0v) is 10.2. The Morgan fingerprint density at radius 2 is 2.12 bits per heavy atom. The molecule has 1 aromatic heterocycles. The Kier molecular flexibility index (Phi) is 3.52. The van der Waals surface area contributed by atoms with Crippen LogP contribution in [-0.2, 0) is 4.74 Å². The van der Waals surface area contributed by atoms with Crippen LogP contribution < -0.4 is 5.73 Å². The summed E-state index contributed by atoms with van der Waals surface area (Å²) in [6.07, 6.45) is 0.501. The molecule has 88 valence electrons. The molecule has 4 heteroatoms. The highest BCUT2D eigenvalue weighted by molar-refractivity contribution is 5.65.